The van der Waals surface area contributed by atoms with Crippen LogP contribution in [0.2, 0.25) is 0 Å². The van der Waals surface area contributed by atoms with Crippen molar-refractivity contribution >= 4 is 21.5 Å². The number of rotatable bonds is 4. The predicted molar refractivity (Wildman–Crippen MR) is 173 cm³/mol. The summed E-state index contributed by atoms with van der Waals surface area (Å²) in [5.41, 5.74) is 8.19. The molecule has 0 bridgehead atoms. The topological polar surface area (TPSA) is 62.5 Å². The first-order valence-electron chi connectivity index (χ1n) is 14.4. The van der Waals surface area contributed by atoms with Crippen molar-refractivity contribution in [3.8, 4) is 51.4 Å². The van der Waals surface area contributed by atoms with Gasteiger partial charge >= 0.3 is 0 Å². The molecule has 1 heterocycles. The first kappa shape index (κ1) is 25.1. The van der Waals surface area contributed by atoms with Crippen molar-refractivity contribution in [3.63, 3.8) is 0 Å². The van der Waals surface area contributed by atoms with E-state index in [-0.39, 0.29) is 5.41 Å². The highest BCUT2D eigenvalue weighted by atomic mass is 15.0. The predicted octanol–water partition coefficient (Wildman–Crippen LogP) is 9.36. The normalized spacial score (nSPS) is 13.0. The Bertz CT molecular complexity index is 2190. The number of benzene rings is 6. The van der Waals surface area contributed by atoms with Crippen LogP contribution in [0.3, 0.4) is 0 Å². The minimum absolute atomic E-state index is 0.226. The largest absolute Gasteiger partial charge is 0.208 e. The summed E-state index contributed by atoms with van der Waals surface area (Å²) in [5, 5.41) is 14.3. The molecule has 7 aromatic rings. The van der Waals surface area contributed by atoms with E-state index in [4.69, 9.17) is 15.0 Å². The summed E-state index contributed by atoms with van der Waals surface area (Å²) in [6.45, 7) is 4.61. The van der Waals surface area contributed by atoms with Crippen LogP contribution in [0.5, 0.6) is 0 Å². The SMILES string of the molecule is CC1(C)c2cc(-c3ccc(C#N)cc3)cc3ccc4cc(-c5nc(-c6ccccc6)nc(-c6ccccc6)n5)cc1c4c23. The minimum atomic E-state index is -0.226. The standard InChI is InChI=1S/C39H26N4/c1-39(2)32-21-30(25-15-13-24(23-40)14-16-25)19-28-17-18-29-20-31(22-33(39)35(29)34(28)32)38-42-36(26-9-5-3-6-10-26)41-37(43-38)27-11-7-4-8-12-27/h3-22H,1-2H3. The van der Waals surface area contributed by atoms with Crippen molar-refractivity contribution in [1.29, 1.82) is 5.26 Å². The molecule has 202 valence electrons. The van der Waals surface area contributed by atoms with Gasteiger partial charge in [0.15, 0.2) is 17.5 Å². The first-order chi connectivity index (χ1) is 21.0. The molecule has 43 heavy (non-hydrogen) atoms. The maximum Gasteiger partial charge on any atom is 0.164 e. The molecule has 0 radical (unpaired) electrons. The van der Waals surface area contributed by atoms with Gasteiger partial charge in [-0.15, -0.1) is 0 Å². The highest BCUT2D eigenvalue weighted by molar-refractivity contribution is 6.16. The fraction of sp³-hybridized carbons (Fsp3) is 0.0769. The van der Waals surface area contributed by atoms with Crippen LogP contribution in [0.4, 0.5) is 0 Å². The van der Waals surface area contributed by atoms with Crippen LogP contribution < -0.4 is 0 Å². The third kappa shape index (κ3) is 4.01. The van der Waals surface area contributed by atoms with Crippen LogP contribution in [0.15, 0.2) is 121 Å². The number of nitriles is 1. The van der Waals surface area contributed by atoms with Gasteiger partial charge in [0.05, 0.1) is 11.6 Å². The molecule has 0 N–H and O–H groups in total. The number of hydrogen-bond donors (Lipinski definition) is 0. The summed E-state index contributed by atoms with van der Waals surface area (Å²) in [5.74, 6) is 1.98. The zero-order valence-electron chi connectivity index (χ0n) is 23.8. The van der Waals surface area contributed by atoms with Crippen LogP contribution >= 0.6 is 0 Å². The van der Waals surface area contributed by atoms with Gasteiger partial charge in [-0.3, -0.25) is 0 Å². The molecule has 0 fully saturated rings. The van der Waals surface area contributed by atoms with Crippen LogP contribution in [-0.2, 0) is 5.41 Å². The van der Waals surface area contributed by atoms with E-state index in [1.54, 1.807) is 0 Å². The molecular weight excluding hydrogens is 524 g/mol. The second kappa shape index (κ2) is 9.44. The van der Waals surface area contributed by atoms with Gasteiger partial charge in [-0.05, 0) is 80.2 Å². The molecule has 8 rings (SSSR count). The summed E-state index contributed by atoms with van der Waals surface area (Å²) in [6.07, 6.45) is 0. The molecule has 1 aliphatic rings. The smallest absolute Gasteiger partial charge is 0.164 e. The lowest BCUT2D eigenvalue weighted by molar-refractivity contribution is 0.663. The van der Waals surface area contributed by atoms with Gasteiger partial charge in [0, 0.05) is 22.1 Å². The quantitative estimate of drug-likeness (QED) is 0.205. The summed E-state index contributed by atoms with van der Waals surface area (Å²) >= 11 is 0. The molecule has 0 amide bonds. The van der Waals surface area contributed by atoms with Crippen molar-refractivity contribution in [2.45, 2.75) is 19.3 Å². The van der Waals surface area contributed by atoms with E-state index in [2.05, 4.69) is 56.3 Å². The Hall–Kier alpha value is -5.66. The first-order valence-corrected chi connectivity index (χ1v) is 14.4. The van der Waals surface area contributed by atoms with Crippen LogP contribution in [0.1, 0.15) is 30.5 Å². The minimum Gasteiger partial charge on any atom is -0.208 e. The lowest BCUT2D eigenvalue weighted by Crippen LogP contribution is -2.15. The molecule has 0 saturated heterocycles. The van der Waals surface area contributed by atoms with E-state index in [0.717, 1.165) is 27.8 Å². The molecule has 0 spiro atoms. The van der Waals surface area contributed by atoms with E-state index < -0.39 is 0 Å². The second-order valence-corrected chi connectivity index (χ2v) is 11.7. The van der Waals surface area contributed by atoms with Crippen LogP contribution in [0.25, 0.3) is 66.8 Å². The van der Waals surface area contributed by atoms with E-state index in [0.29, 0.717) is 23.0 Å². The highest BCUT2D eigenvalue weighted by Gasteiger charge is 2.35. The average molecular weight is 551 g/mol. The van der Waals surface area contributed by atoms with Crippen molar-refractivity contribution in [2.24, 2.45) is 0 Å². The molecule has 0 saturated carbocycles. The van der Waals surface area contributed by atoms with Gasteiger partial charge in [-0.25, -0.2) is 15.0 Å². The van der Waals surface area contributed by atoms with Gasteiger partial charge < -0.3 is 0 Å². The van der Waals surface area contributed by atoms with Crippen molar-refractivity contribution < 1.29 is 0 Å². The zero-order valence-corrected chi connectivity index (χ0v) is 23.8. The lowest BCUT2D eigenvalue weighted by Gasteiger charge is -2.23. The van der Waals surface area contributed by atoms with Crippen molar-refractivity contribution in [1.82, 2.24) is 15.0 Å². The highest BCUT2D eigenvalue weighted by Crippen LogP contribution is 2.51. The van der Waals surface area contributed by atoms with Crippen LogP contribution in [-0.4, -0.2) is 15.0 Å². The lowest BCUT2D eigenvalue weighted by atomic mass is 9.80. The van der Waals surface area contributed by atoms with E-state index in [1.807, 2.05) is 84.9 Å². The van der Waals surface area contributed by atoms with Crippen LogP contribution in [0, 0.1) is 11.3 Å². The Labute approximate surface area is 250 Å². The Morgan fingerprint density at radius 3 is 1.47 bits per heavy atom. The Kier molecular flexibility index (Phi) is 5.51. The number of hydrogen-bond acceptors (Lipinski definition) is 4. The van der Waals surface area contributed by atoms with Gasteiger partial charge in [0.25, 0.3) is 0 Å². The van der Waals surface area contributed by atoms with Gasteiger partial charge in [0.2, 0.25) is 0 Å². The molecule has 1 aromatic heterocycles. The Morgan fingerprint density at radius 2 is 0.953 bits per heavy atom. The maximum absolute atomic E-state index is 9.26. The summed E-state index contributed by atoms with van der Waals surface area (Å²) < 4.78 is 0. The average Bonchev–Trinajstić information content (AvgIpc) is 3.30. The number of aromatic nitrogens is 3. The third-order valence-corrected chi connectivity index (χ3v) is 8.68. The summed E-state index contributed by atoms with van der Waals surface area (Å²) in [7, 11) is 0. The molecular formula is C39H26N4. The molecule has 1 aliphatic carbocycles. The number of nitrogens with zero attached hydrogens (tertiary/aromatic N) is 4. The van der Waals surface area contributed by atoms with Crippen molar-refractivity contribution in [3.05, 3.63) is 138 Å². The van der Waals surface area contributed by atoms with Gasteiger partial charge in [-0.1, -0.05) is 98.8 Å². The van der Waals surface area contributed by atoms with E-state index in [9.17, 15) is 5.26 Å². The second-order valence-electron chi connectivity index (χ2n) is 11.7. The molecule has 4 nitrogen and oxygen atoms in total. The third-order valence-electron chi connectivity index (χ3n) is 8.68. The molecule has 6 aromatic carbocycles. The van der Waals surface area contributed by atoms with E-state index in [1.165, 1.54) is 32.7 Å². The molecule has 0 atom stereocenters. The van der Waals surface area contributed by atoms with Crippen molar-refractivity contribution in [2.75, 3.05) is 0 Å². The van der Waals surface area contributed by atoms with E-state index >= 15 is 0 Å². The van der Waals surface area contributed by atoms with Gasteiger partial charge in [-0.2, -0.15) is 5.26 Å². The maximum atomic E-state index is 9.26. The monoisotopic (exact) mass is 550 g/mol. The summed E-state index contributed by atoms with van der Waals surface area (Å²) in [6, 6.07) is 43.8. The molecule has 0 aliphatic heterocycles. The fourth-order valence-electron chi connectivity index (χ4n) is 6.43. The Morgan fingerprint density at radius 1 is 0.488 bits per heavy atom. The molecule has 0 unspecified atom stereocenters. The summed E-state index contributed by atoms with van der Waals surface area (Å²) in [4.78, 5) is 14.9. The Balaban J connectivity index is 1.32. The molecule has 4 heteroatoms. The zero-order chi connectivity index (χ0) is 29.1. The van der Waals surface area contributed by atoms with Gasteiger partial charge in [0.1, 0.15) is 0 Å². The fourth-order valence-corrected chi connectivity index (χ4v) is 6.43.